The molecule has 0 aliphatic carbocycles. The lowest BCUT2D eigenvalue weighted by Gasteiger charge is -1.91. The fraction of sp³-hybridized carbons (Fsp3) is 0.154. The highest BCUT2D eigenvalue weighted by Crippen LogP contribution is 2.13. The van der Waals surface area contributed by atoms with Gasteiger partial charge in [-0.05, 0) is 24.5 Å². The Morgan fingerprint density at radius 2 is 1.88 bits per heavy atom. The largest absolute Gasteiger partial charge is 0.252 e. The third-order valence-electron chi connectivity index (χ3n) is 2.70. The minimum atomic E-state index is 0.928. The van der Waals surface area contributed by atoms with Crippen LogP contribution in [0.15, 0.2) is 42.6 Å². The molecule has 0 aliphatic rings. The number of fused-ring (bicyclic) bond motifs is 1. The Balaban J connectivity index is 2.24. The molecule has 17 heavy (non-hydrogen) atoms. The molecule has 0 spiro atoms. The maximum atomic E-state index is 4.54. The highest BCUT2D eigenvalue weighted by atomic mass is 15.6. The number of nitrogens with zero attached hydrogens (tertiary/aromatic N) is 4. The lowest BCUT2D eigenvalue weighted by Crippen LogP contribution is -2.34. The molecule has 2 aromatic heterocycles. The van der Waals surface area contributed by atoms with E-state index in [0.717, 1.165) is 22.6 Å². The first-order valence-corrected chi connectivity index (χ1v) is 5.56. The molecule has 0 atom stereocenters. The van der Waals surface area contributed by atoms with E-state index in [1.165, 1.54) is 0 Å². The number of hydrogen-bond donors (Lipinski definition) is 0. The second-order valence-corrected chi connectivity index (χ2v) is 4.12. The molecule has 0 unspecified atom stereocenters. The van der Waals surface area contributed by atoms with Gasteiger partial charge < -0.3 is 0 Å². The van der Waals surface area contributed by atoms with Crippen LogP contribution in [0.25, 0.3) is 11.3 Å². The molecule has 0 aliphatic heterocycles. The van der Waals surface area contributed by atoms with Crippen molar-refractivity contribution in [1.29, 1.82) is 0 Å². The third kappa shape index (κ3) is 1.67. The highest BCUT2D eigenvalue weighted by molar-refractivity contribution is 5.56. The summed E-state index contributed by atoms with van der Waals surface area (Å²) in [6, 6.07) is 12.1. The summed E-state index contributed by atoms with van der Waals surface area (Å²) in [5.41, 5.74) is 4.08. The van der Waals surface area contributed by atoms with E-state index in [2.05, 4.69) is 10.2 Å². The van der Waals surface area contributed by atoms with Gasteiger partial charge >= 0.3 is 0 Å². The average Bonchev–Trinajstić information content (AvgIpc) is 2.74. The Hall–Kier alpha value is -2.23. The molecule has 0 radical (unpaired) electrons. The molecule has 4 heteroatoms. The normalized spacial score (nSPS) is 10.9. The summed E-state index contributed by atoms with van der Waals surface area (Å²) in [4.78, 5) is 0. The zero-order valence-corrected chi connectivity index (χ0v) is 9.83. The Bertz CT molecular complexity index is 670. The van der Waals surface area contributed by atoms with Crippen LogP contribution in [0.2, 0.25) is 0 Å². The maximum absolute atomic E-state index is 4.54. The van der Waals surface area contributed by atoms with E-state index in [-0.39, 0.29) is 0 Å². The van der Waals surface area contributed by atoms with Crippen molar-refractivity contribution in [2.75, 3.05) is 0 Å². The van der Waals surface area contributed by atoms with Crippen molar-refractivity contribution in [2.45, 2.75) is 13.8 Å². The van der Waals surface area contributed by atoms with Crippen LogP contribution in [0.3, 0.4) is 0 Å². The number of aryl methyl sites for hydroxylation is 2. The molecule has 0 N–H and O–H groups in total. The molecule has 0 saturated heterocycles. The smallest absolute Gasteiger partial charge is 0.0629 e. The van der Waals surface area contributed by atoms with Crippen LogP contribution < -0.4 is 4.63 Å². The van der Waals surface area contributed by atoms with E-state index < -0.39 is 0 Å². The van der Waals surface area contributed by atoms with Crippen LogP contribution in [0, 0.1) is 13.8 Å². The molecule has 4 nitrogen and oxygen atoms in total. The van der Waals surface area contributed by atoms with E-state index in [1.54, 1.807) is 9.26 Å². The zero-order valence-electron chi connectivity index (χ0n) is 9.83. The van der Waals surface area contributed by atoms with E-state index in [1.807, 2.05) is 56.4 Å². The van der Waals surface area contributed by atoms with Crippen LogP contribution in [0.4, 0.5) is 0 Å². The van der Waals surface area contributed by atoms with Gasteiger partial charge in [0.15, 0.2) is 6.20 Å². The molecule has 3 rings (SSSR count). The van der Waals surface area contributed by atoms with Crippen molar-refractivity contribution in [3.8, 4) is 11.3 Å². The van der Waals surface area contributed by atoms with Crippen LogP contribution in [0.1, 0.15) is 11.4 Å². The van der Waals surface area contributed by atoms with Gasteiger partial charge in [-0.3, -0.25) is 0 Å². The summed E-state index contributed by atoms with van der Waals surface area (Å²) >= 11 is 0. The number of aromatic nitrogens is 4. The standard InChI is InChI=1S/C13H13N4/c1-10-8-11(2)17-15-13(9-16(17)14-10)12-6-4-3-5-7-12/h3-9H,1-2H3/q+1. The van der Waals surface area contributed by atoms with E-state index in [0.29, 0.717) is 0 Å². The Labute approximate surface area is 99.1 Å². The van der Waals surface area contributed by atoms with Crippen molar-refractivity contribution >= 4 is 0 Å². The van der Waals surface area contributed by atoms with Crippen LogP contribution in [-0.2, 0) is 0 Å². The second kappa shape index (κ2) is 3.66. The molecule has 84 valence electrons. The lowest BCUT2D eigenvalue weighted by molar-refractivity contribution is -0.684. The van der Waals surface area contributed by atoms with Gasteiger partial charge in [-0.25, -0.2) is 0 Å². The second-order valence-electron chi connectivity index (χ2n) is 4.12. The van der Waals surface area contributed by atoms with E-state index in [4.69, 9.17) is 0 Å². The van der Waals surface area contributed by atoms with Gasteiger partial charge in [0.05, 0.1) is 10.8 Å². The SMILES string of the molecule is Cc1cc(C)n2nc(-c3ccccc3)c[n+]2n1. The first kappa shape index (κ1) is 9.96. The minimum Gasteiger partial charge on any atom is -0.0629 e. The first-order chi connectivity index (χ1) is 8.24. The lowest BCUT2D eigenvalue weighted by atomic mass is 10.2. The summed E-state index contributed by atoms with van der Waals surface area (Å²) in [6.07, 6.45) is 1.94. The predicted octanol–water partition coefficient (Wildman–Crippen LogP) is 1.60. The van der Waals surface area contributed by atoms with E-state index in [9.17, 15) is 0 Å². The topological polar surface area (TPSA) is 34.3 Å². The monoisotopic (exact) mass is 225 g/mol. The Morgan fingerprint density at radius 3 is 2.65 bits per heavy atom. The average molecular weight is 225 g/mol. The van der Waals surface area contributed by atoms with Crippen molar-refractivity contribution in [3.05, 3.63) is 54.0 Å². The summed E-state index contributed by atoms with van der Waals surface area (Å²) in [5.74, 6) is 0. The number of hydrogen-bond acceptors (Lipinski definition) is 2. The van der Waals surface area contributed by atoms with Gasteiger partial charge in [0.25, 0.3) is 5.69 Å². The van der Waals surface area contributed by atoms with Gasteiger partial charge in [-0.15, -0.1) is 0 Å². The van der Waals surface area contributed by atoms with Gasteiger partial charge in [0.1, 0.15) is 5.69 Å². The summed E-state index contributed by atoms with van der Waals surface area (Å²) in [7, 11) is 0. The summed E-state index contributed by atoms with van der Waals surface area (Å²) in [6.45, 7) is 4.01. The van der Waals surface area contributed by atoms with Gasteiger partial charge in [0.2, 0.25) is 0 Å². The summed E-state index contributed by atoms with van der Waals surface area (Å²) in [5, 5.41) is 8.94. The zero-order chi connectivity index (χ0) is 11.8. The molecule has 0 saturated carbocycles. The number of rotatable bonds is 1. The number of benzene rings is 1. The highest BCUT2D eigenvalue weighted by Gasteiger charge is 2.15. The fourth-order valence-electron chi connectivity index (χ4n) is 1.94. The molecule has 1 aromatic carbocycles. The van der Waals surface area contributed by atoms with Gasteiger partial charge in [-0.2, -0.15) is 0 Å². The Kier molecular flexibility index (Phi) is 2.14. The van der Waals surface area contributed by atoms with Gasteiger partial charge in [0, 0.05) is 10.2 Å². The molecule has 0 fully saturated rings. The fourth-order valence-corrected chi connectivity index (χ4v) is 1.94. The summed E-state index contributed by atoms with van der Waals surface area (Å²) < 4.78 is 3.57. The van der Waals surface area contributed by atoms with E-state index >= 15 is 0 Å². The molecule has 3 aromatic rings. The van der Waals surface area contributed by atoms with Crippen LogP contribution in [-0.4, -0.2) is 14.8 Å². The Morgan fingerprint density at radius 1 is 1.12 bits per heavy atom. The van der Waals surface area contributed by atoms with Gasteiger partial charge in [-0.1, -0.05) is 35.4 Å². The minimum absolute atomic E-state index is 0.928. The van der Waals surface area contributed by atoms with Crippen molar-refractivity contribution in [2.24, 2.45) is 0 Å². The van der Waals surface area contributed by atoms with Crippen molar-refractivity contribution < 1.29 is 4.63 Å². The first-order valence-electron chi connectivity index (χ1n) is 5.56. The molecule has 0 amide bonds. The molecule has 0 bridgehead atoms. The van der Waals surface area contributed by atoms with Crippen molar-refractivity contribution in [3.63, 3.8) is 0 Å². The van der Waals surface area contributed by atoms with Crippen LogP contribution >= 0.6 is 0 Å². The predicted molar refractivity (Wildman–Crippen MR) is 63.6 cm³/mol. The molecule has 2 heterocycles. The molecular formula is C13H13N4+. The third-order valence-corrected chi connectivity index (χ3v) is 2.70. The molecular weight excluding hydrogens is 212 g/mol. The quantitative estimate of drug-likeness (QED) is 0.589. The van der Waals surface area contributed by atoms with Crippen LogP contribution in [0.5, 0.6) is 0 Å². The van der Waals surface area contributed by atoms with Crippen molar-refractivity contribution in [1.82, 2.24) is 14.8 Å². The maximum Gasteiger partial charge on any atom is 0.252 e.